The largest absolute Gasteiger partial charge is 0.379 e. The van der Waals surface area contributed by atoms with E-state index in [-0.39, 0.29) is 6.61 Å². The van der Waals surface area contributed by atoms with Gasteiger partial charge in [0.15, 0.2) is 0 Å². The molecule has 0 atom stereocenters. The average Bonchev–Trinajstić information content (AvgIpc) is 2.03. The second-order valence-electron chi connectivity index (χ2n) is 2.42. The Kier molecular flexibility index (Phi) is 9.77. The second-order valence-corrected chi connectivity index (χ2v) is 2.42. The quantitative estimate of drug-likeness (QED) is 0.534. The average molecular weight is 160 g/mol. The lowest BCUT2D eigenvalue weighted by atomic mass is 10.4. The summed E-state index contributed by atoms with van der Waals surface area (Å²) in [6.45, 7) is 5.14. The first-order valence-corrected chi connectivity index (χ1v) is 4.28. The molecule has 1 N–H and O–H groups in total. The van der Waals surface area contributed by atoms with Gasteiger partial charge in [0.05, 0.1) is 6.61 Å². The third kappa shape index (κ3) is 9.88. The van der Waals surface area contributed by atoms with Crippen molar-refractivity contribution in [2.24, 2.45) is 0 Å². The van der Waals surface area contributed by atoms with Crippen LogP contribution in [0.4, 0.5) is 0 Å². The minimum atomic E-state index is -0.123. The first kappa shape index (κ1) is 10.9. The molecule has 0 fully saturated rings. The molecule has 3 nitrogen and oxygen atoms in total. The topological polar surface area (TPSA) is 41.2 Å². The molecule has 0 aliphatic heterocycles. The van der Waals surface area contributed by atoms with Crippen LogP contribution in [0, 0.1) is 0 Å². The summed E-state index contributed by atoms with van der Waals surface area (Å²) in [5, 5.41) is 13.2. The van der Waals surface area contributed by atoms with E-state index in [1.807, 2.05) is 0 Å². The van der Waals surface area contributed by atoms with Crippen LogP contribution < -0.4 is 5.32 Å². The van der Waals surface area contributed by atoms with E-state index in [9.17, 15) is 5.11 Å². The highest BCUT2D eigenvalue weighted by atomic mass is 16.5. The summed E-state index contributed by atoms with van der Waals surface area (Å²) in [5.74, 6) is 0. The summed E-state index contributed by atoms with van der Waals surface area (Å²) in [6, 6.07) is 0. The smallest absolute Gasteiger partial charge is 0.106 e. The van der Waals surface area contributed by atoms with E-state index < -0.39 is 0 Å². The van der Waals surface area contributed by atoms with Crippen molar-refractivity contribution in [3.05, 3.63) is 0 Å². The van der Waals surface area contributed by atoms with Crippen molar-refractivity contribution in [1.29, 1.82) is 0 Å². The van der Waals surface area contributed by atoms with E-state index in [1.54, 1.807) is 0 Å². The maximum Gasteiger partial charge on any atom is 0.106 e. The summed E-state index contributed by atoms with van der Waals surface area (Å²) >= 11 is 0. The predicted molar refractivity (Wildman–Crippen MR) is 44.2 cm³/mol. The van der Waals surface area contributed by atoms with Crippen molar-refractivity contribution in [3.8, 4) is 0 Å². The summed E-state index contributed by atoms with van der Waals surface area (Å²) in [5.41, 5.74) is 0. The van der Waals surface area contributed by atoms with Gasteiger partial charge in [-0.3, -0.25) is 0 Å². The number of hydrogen-bond donors (Lipinski definition) is 1. The molecule has 0 spiro atoms. The SMILES string of the molecule is CCCNCCCOCC[O]. The number of ether oxygens (including phenoxy) is 1. The van der Waals surface area contributed by atoms with Gasteiger partial charge in [0.1, 0.15) is 6.61 Å². The van der Waals surface area contributed by atoms with E-state index in [0.29, 0.717) is 13.2 Å². The first-order chi connectivity index (χ1) is 5.41. The molecule has 0 aromatic heterocycles. The van der Waals surface area contributed by atoms with Crippen molar-refractivity contribution < 1.29 is 9.84 Å². The lowest BCUT2D eigenvalue weighted by molar-refractivity contribution is 0.0627. The highest BCUT2D eigenvalue weighted by Gasteiger charge is 1.87. The van der Waals surface area contributed by atoms with Gasteiger partial charge in [-0.05, 0) is 25.9 Å². The van der Waals surface area contributed by atoms with Gasteiger partial charge in [-0.1, -0.05) is 6.92 Å². The Hall–Kier alpha value is -0.120. The zero-order valence-corrected chi connectivity index (χ0v) is 7.27. The Labute approximate surface area is 68.8 Å². The van der Waals surface area contributed by atoms with Crippen LogP contribution >= 0.6 is 0 Å². The van der Waals surface area contributed by atoms with Crippen LogP contribution in [0.25, 0.3) is 0 Å². The molecule has 1 radical (unpaired) electrons. The van der Waals surface area contributed by atoms with Crippen LogP contribution in [-0.2, 0) is 9.84 Å². The molecule has 0 saturated carbocycles. The fraction of sp³-hybridized carbons (Fsp3) is 1.00. The van der Waals surface area contributed by atoms with Gasteiger partial charge in [0.2, 0.25) is 0 Å². The van der Waals surface area contributed by atoms with Crippen molar-refractivity contribution >= 4 is 0 Å². The molecule has 0 aromatic rings. The standard InChI is InChI=1S/C8H18NO2/c1-2-4-9-5-3-7-11-8-6-10/h9H,2-8H2,1H3. The van der Waals surface area contributed by atoms with Crippen LogP contribution in [0.3, 0.4) is 0 Å². The molecule has 0 bridgehead atoms. The van der Waals surface area contributed by atoms with Gasteiger partial charge in [-0.15, -0.1) is 0 Å². The molecule has 0 aliphatic rings. The van der Waals surface area contributed by atoms with E-state index in [1.165, 1.54) is 6.42 Å². The zero-order chi connectivity index (χ0) is 8.36. The van der Waals surface area contributed by atoms with Gasteiger partial charge in [0.25, 0.3) is 0 Å². The number of hydrogen-bond acceptors (Lipinski definition) is 2. The van der Waals surface area contributed by atoms with Crippen LogP contribution in [0.15, 0.2) is 0 Å². The first-order valence-electron chi connectivity index (χ1n) is 4.28. The monoisotopic (exact) mass is 160 g/mol. The summed E-state index contributed by atoms with van der Waals surface area (Å²) in [7, 11) is 0. The molecule has 0 amide bonds. The molecule has 0 aliphatic carbocycles. The Morgan fingerprint density at radius 1 is 1.27 bits per heavy atom. The number of rotatable bonds is 8. The lowest BCUT2D eigenvalue weighted by Crippen LogP contribution is -2.17. The van der Waals surface area contributed by atoms with Gasteiger partial charge >= 0.3 is 0 Å². The third-order valence-corrected chi connectivity index (χ3v) is 1.30. The second kappa shape index (κ2) is 9.88. The summed E-state index contributed by atoms with van der Waals surface area (Å²) < 4.78 is 5.01. The van der Waals surface area contributed by atoms with Crippen LogP contribution in [0.5, 0.6) is 0 Å². The molecule has 67 valence electrons. The minimum absolute atomic E-state index is 0.123. The van der Waals surface area contributed by atoms with E-state index >= 15 is 0 Å². The Balaban J connectivity index is 2.69. The normalized spacial score (nSPS) is 10.4. The van der Waals surface area contributed by atoms with Gasteiger partial charge in [0, 0.05) is 6.61 Å². The maximum absolute atomic E-state index is 9.92. The van der Waals surface area contributed by atoms with E-state index in [0.717, 1.165) is 19.5 Å². The van der Waals surface area contributed by atoms with Gasteiger partial charge in [-0.25, -0.2) is 5.11 Å². The highest BCUT2D eigenvalue weighted by Crippen LogP contribution is 1.80. The van der Waals surface area contributed by atoms with Crippen molar-refractivity contribution in [2.45, 2.75) is 19.8 Å². The van der Waals surface area contributed by atoms with Crippen LogP contribution in [0.1, 0.15) is 19.8 Å². The van der Waals surface area contributed by atoms with Gasteiger partial charge < -0.3 is 10.1 Å². The fourth-order valence-corrected chi connectivity index (χ4v) is 0.762. The maximum atomic E-state index is 9.92. The predicted octanol–water partition coefficient (Wildman–Crippen LogP) is 0.823. The minimum Gasteiger partial charge on any atom is -0.379 e. The molecular formula is C8H18NO2. The highest BCUT2D eigenvalue weighted by molar-refractivity contribution is 4.44. The van der Waals surface area contributed by atoms with Crippen molar-refractivity contribution in [1.82, 2.24) is 5.32 Å². The molecule has 11 heavy (non-hydrogen) atoms. The molecule has 0 aromatic carbocycles. The van der Waals surface area contributed by atoms with Crippen LogP contribution in [0.2, 0.25) is 0 Å². The van der Waals surface area contributed by atoms with Crippen LogP contribution in [-0.4, -0.2) is 32.9 Å². The van der Waals surface area contributed by atoms with E-state index in [2.05, 4.69) is 12.2 Å². The molecule has 0 rings (SSSR count). The van der Waals surface area contributed by atoms with E-state index in [4.69, 9.17) is 4.74 Å². The number of nitrogens with one attached hydrogen (secondary N) is 1. The molecule has 0 unspecified atom stereocenters. The molecule has 0 saturated heterocycles. The Bertz CT molecular complexity index is 61.1. The lowest BCUT2D eigenvalue weighted by Gasteiger charge is -2.02. The third-order valence-electron chi connectivity index (χ3n) is 1.30. The zero-order valence-electron chi connectivity index (χ0n) is 7.27. The summed E-state index contributed by atoms with van der Waals surface area (Å²) in [4.78, 5) is 0. The Morgan fingerprint density at radius 3 is 2.73 bits per heavy atom. The molecule has 0 heterocycles. The fourth-order valence-electron chi connectivity index (χ4n) is 0.762. The van der Waals surface area contributed by atoms with Crippen molar-refractivity contribution in [2.75, 3.05) is 32.9 Å². The Morgan fingerprint density at radius 2 is 2.09 bits per heavy atom. The molecule has 3 heteroatoms. The van der Waals surface area contributed by atoms with Crippen molar-refractivity contribution in [3.63, 3.8) is 0 Å². The molecular weight excluding hydrogens is 142 g/mol. The summed E-state index contributed by atoms with van der Waals surface area (Å²) in [6.07, 6.45) is 2.17. The van der Waals surface area contributed by atoms with Gasteiger partial charge in [-0.2, -0.15) is 0 Å².